The number of benzene rings is 1. The van der Waals surface area contributed by atoms with E-state index in [9.17, 15) is 0 Å². The van der Waals surface area contributed by atoms with E-state index in [1.165, 1.54) is 10.5 Å². The number of methoxy groups -OCH3 is 1. The van der Waals surface area contributed by atoms with E-state index in [0.29, 0.717) is 18.0 Å². The molecule has 2 aromatic heterocycles. The smallest absolute Gasteiger partial charge is 0.221 e. The number of rotatable bonds is 8. The molecule has 0 amide bonds. The summed E-state index contributed by atoms with van der Waals surface area (Å²) in [6.07, 6.45) is 0. The van der Waals surface area contributed by atoms with Crippen LogP contribution in [0.2, 0.25) is 0 Å². The van der Waals surface area contributed by atoms with Crippen molar-refractivity contribution in [1.82, 2.24) is 14.8 Å². The second-order valence-corrected chi connectivity index (χ2v) is 7.28. The van der Waals surface area contributed by atoms with Crippen LogP contribution in [0.1, 0.15) is 12.5 Å². The molecule has 0 fully saturated rings. The van der Waals surface area contributed by atoms with Gasteiger partial charge in [-0.1, -0.05) is 6.07 Å². The van der Waals surface area contributed by atoms with E-state index >= 15 is 0 Å². The Balaban J connectivity index is 1.69. The Kier molecular flexibility index (Phi) is 6.08. The number of thiophene rings is 1. The molecule has 138 valence electrons. The van der Waals surface area contributed by atoms with E-state index < -0.39 is 0 Å². The second kappa shape index (κ2) is 8.48. The standard InChI is InChI=1S/C18H22N4O2S2/c1-4-24-14-8-7-13(10-15(14)23-3)11-21(2)12-22-18(25)19-17(20-22)16-6-5-9-26-16/h5-10H,4,11-12H2,1-3H3,(H,19,20,25)/p+1. The highest BCUT2D eigenvalue weighted by Crippen LogP contribution is 2.27. The van der Waals surface area contributed by atoms with Crippen molar-refractivity contribution in [1.29, 1.82) is 0 Å². The maximum absolute atomic E-state index is 5.58. The van der Waals surface area contributed by atoms with Gasteiger partial charge in [-0.25, -0.2) is 4.68 Å². The number of hydrogen-bond donors (Lipinski definition) is 2. The predicted octanol–water partition coefficient (Wildman–Crippen LogP) is 2.75. The number of hydrogen-bond acceptors (Lipinski definition) is 5. The van der Waals surface area contributed by atoms with Gasteiger partial charge in [-0.2, -0.15) is 4.98 Å². The van der Waals surface area contributed by atoms with Gasteiger partial charge in [0.05, 0.1) is 25.6 Å². The fourth-order valence-electron chi connectivity index (χ4n) is 2.76. The summed E-state index contributed by atoms with van der Waals surface area (Å²) in [5.41, 5.74) is 1.17. The van der Waals surface area contributed by atoms with Gasteiger partial charge in [-0.05, 0) is 48.8 Å². The Bertz CT molecular complexity index is 902. The fourth-order valence-corrected chi connectivity index (χ4v) is 3.62. The van der Waals surface area contributed by atoms with Crippen molar-refractivity contribution in [2.75, 3.05) is 20.8 Å². The van der Waals surface area contributed by atoms with E-state index in [1.807, 2.05) is 41.3 Å². The molecule has 3 rings (SSSR count). The second-order valence-electron chi connectivity index (χ2n) is 5.97. The Morgan fingerprint density at radius 1 is 1.31 bits per heavy atom. The molecule has 1 aromatic carbocycles. The predicted molar refractivity (Wildman–Crippen MR) is 105 cm³/mol. The van der Waals surface area contributed by atoms with Crippen molar-refractivity contribution in [3.05, 3.63) is 46.0 Å². The van der Waals surface area contributed by atoms with Gasteiger partial charge in [-0.15, -0.1) is 11.3 Å². The Morgan fingerprint density at radius 2 is 2.15 bits per heavy atom. The van der Waals surface area contributed by atoms with Crippen LogP contribution in [0.15, 0.2) is 35.7 Å². The molecule has 0 aliphatic carbocycles. The molecule has 1 unspecified atom stereocenters. The van der Waals surface area contributed by atoms with Crippen LogP contribution in [0.25, 0.3) is 10.7 Å². The van der Waals surface area contributed by atoms with Crippen molar-refractivity contribution in [2.45, 2.75) is 20.1 Å². The van der Waals surface area contributed by atoms with Crippen LogP contribution in [-0.2, 0) is 13.2 Å². The minimum atomic E-state index is 0.567. The molecule has 6 nitrogen and oxygen atoms in total. The average Bonchev–Trinajstić information content (AvgIpc) is 3.27. The minimum Gasteiger partial charge on any atom is -0.493 e. The molecule has 0 aliphatic heterocycles. The van der Waals surface area contributed by atoms with E-state index in [0.717, 1.165) is 28.7 Å². The lowest BCUT2D eigenvalue weighted by molar-refractivity contribution is -0.917. The molecule has 2 heterocycles. The number of H-pyrrole nitrogens is 1. The summed E-state index contributed by atoms with van der Waals surface area (Å²) in [6.45, 7) is 4.11. The first-order valence-corrected chi connectivity index (χ1v) is 9.71. The first-order valence-electron chi connectivity index (χ1n) is 8.42. The average molecular weight is 392 g/mol. The monoisotopic (exact) mass is 391 g/mol. The molecule has 2 N–H and O–H groups in total. The summed E-state index contributed by atoms with van der Waals surface area (Å²) in [7, 11) is 3.78. The topological polar surface area (TPSA) is 56.5 Å². The van der Waals surface area contributed by atoms with E-state index in [4.69, 9.17) is 21.7 Å². The molecule has 0 radical (unpaired) electrons. The minimum absolute atomic E-state index is 0.567. The van der Waals surface area contributed by atoms with Crippen molar-refractivity contribution < 1.29 is 14.4 Å². The summed E-state index contributed by atoms with van der Waals surface area (Å²) >= 11 is 7.03. The highest BCUT2D eigenvalue weighted by molar-refractivity contribution is 7.71. The van der Waals surface area contributed by atoms with Crippen LogP contribution >= 0.6 is 23.6 Å². The highest BCUT2D eigenvalue weighted by atomic mass is 32.1. The van der Waals surface area contributed by atoms with Gasteiger partial charge in [0.25, 0.3) is 0 Å². The molecule has 0 saturated carbocycles. The lowest BCUT2D eigenvalue weighted by Crippen LogP contribution is -3.07. The number of aromatic amines is 1. The van der Waals surface area contributed by atoms with Gasteiger partial charge >= 0.3 is 0 Å². The summed E-state index contributed by atoms with van der Waals surface area (Å²) in [6, 6.07) is 10.1. The number of quaternary nitrogens is 1. The van der Waals surface area contributed by atoms with Crippen molar-refractivity contribution in [2.24, 2.45) is 0 Å². The molecule has 0 aliphatic rings. The van der Waals surface area contributed by atoms with Crippen LogP contribution in [0.5, 0.6) is 11.5 Å². The van der Waals surface area contributed by atoms with Gasteiger partial charge in [0, 0.05) is 5.56 Å². The molecule has 26 heavy (non-hydrogen) atoms. The number of nitrogens with zero attached hydrogens (tertiary/aromatic N) is 2. The molecular weight excluding hydrogens is 368 g/mol. The van der Waals surface area contributed by atoms with Crippen LogP contribution < -0.4 is 14.4 Å². The fraction of sp³-hybridized carbons (Fsp3) is 0.333. The van der Waals surface area contributed by atoms with Gasteiger partial charge in [0.2, 0.25) is 4.77 Å². The van der Waals surface area contributed by atoms with Crippen LogP contribution in [0.3, 0.4) is 0 Å². The van der Waals surface area contributed by atoms with Crippen molar-refractivity contribution in [3.63, 3.8) is 0 Å². The first kappa shape index (κ1) is 18.6. The van der Waals surface area contributed by atoms with E-state index in [2.05, 4.69) is 23.2 Å². The lowest BCUT2D eigenvalue weighted by Gasteiger charge is -2.16. The van der Waals surface area contributed by atoms with Gasteiger partial charge in [-0.3, -0.25) is 5.10 Å². The zero-order valence-corrected chi connectivity index (χ0v) is 16.7. The normalized spacial score (nSPS) is 12.1. The molecule has 8 heteroatoms. The maximum atomic E-state index is 5.58. The molecule has 3 aromatic rings. The zero-order chi connectivity index (χ0) is 18.5. The van der Waals surface area contributed by atoms with E-state index in [-0.39, 0.29) is 0 Å². The van der Waals surface area contributed by atoms with Gasteiger partial charge in [0.15, 0.2) is 24.0 Å². The maximum Gasteiger partial charge on any atom is 0.221 e. The third-order valence-electron chi connectivity index (χ3n) is 3.90. The number of ether oxygens (including phenoxy) is 2. The molecule has 0 saturated heterocycles. The molecule has 0 bridgehead atoms. The number of aromatic nitrogens is 3. The molecule has 0 spiro atoms. The quantitative estimate of drug-likeness (QED) is 0.580. The summed E-state index contributed by atoms with van der Waals surface area (Å²) in [5.74, 6) is 2.35. The van der Waals surface area contributed by atoms with Gasteiger partial charge < -0.3 is 14.4 Å². The number of nitrogens with one attached hydrogen (secondary N) is 2. The van der Waals surface area contributed by atoms with Crippen molar-refractivity contribution in [3.8, 4) is 22.2 Å². The van der Waals surface area contributed by atoms with Crippen LogP contribution in [-0.4, -0.2) is 35.5 Å². The lowest BCUT2D eigenvalue weighted by atomic mass is 10.2. The third kappa shape index (κ3) is 4.32. The van der Waals surface area contributed by atoms with Crippen LogP contribution in [0, 0.1) is 4.77 Å². The Labute approximate surface area is 162 Å². The third-order valence-corrected chi connectivity index (χ3v) is 5.08. The first-order chi connectivity index (χ1) is 12.6. The van der Waals surface area contributed by atoms with Gasteiger partial charge in [0.1, 0.15) is 6.54 Å². The summed E-state index contributed by atoms with van der Waals surface area (Å²) < 4.78 is 13.5. The zero-order valence-electron chi connectivity index (χ0n) is 15.1. The van der Waals surface area contributed by atoms with Crippen molar-refractivity contribution >= 4 is 23.6 Å². The Hall–Kier alpha value is -2.16. The summed E-state index contributed by atoms with van der Waals surface area (Å²) in [4.78, 5) is 6.81. The SMILES string of the molecule is CCOc1ccc(C[NH+](C)Cn2[nH]c(-c3cccs3)nc2=S)cc1OC. The summed E-state index contributed by atoms with van der Waals surface area (Å²) in [5, 5.41) is 5.32. The molecule has 1 atom stereocenters. The molecular formula is C18H23N4O2S2+. The largest absolute Gasteiger partial charge is 0.493 e. The van der Waals surface area contributed by atoms with E-state index in [1.54, 1.807) is 18.4 Å². The Morgan fingerprint density at radius 3 is 2.85 bits per heavy atom. The van der Waals surface area contributed by atoms with Crippen LogP contribution in [0.4, 0.5) is 0 Å². The highest BCUT2D eigenvalue weighted by Gasteiger charge is 2.12.